The zero-order valence-electron chi connectivity index (χ0n) is 15.4. The van der Waals surface area contributed by atoms with E-state index in [0.717, 1.165) is 5.92 Å². The Kier molecular flexibility index (Phi) is 12.2. The normalized spacial score (nSPS) is 24.5. The number of nitrogens with zero attached hydrogens (tertiary/aromatic N) is 1. The zero-order chi connectivity index (χ0) is 16.2. The zero-order valence-corrected chi connectivity index (χ0v) is 16.2. The first-order valence-corrected chi connectivity index (χ1v) is 10.0. The maximum atomic E-state index is 3.89. The van der Waals surface area contributed by atoms with Crippen LogP contribution >= 0.6 is 0 Å². The summed E-state index contributed by atoms with van der Waals surface area (Å²) >= 11 is 0. The predicted octanol–water partition coefficient (Wildman–Crippen LogP) is 1.71. The first kappa shape index (κ1) is 21.4. The van der Waals surface area contributed by atoms with E-state index in [-0.39, 0.29) is 12.4 Å². The van der Waals surface area contributed by atoms with Crippen LogP contribution in [0, 0.1) is 5.92 Å². The summed E-state index contributed by atoms with van der Waals surface area (Å²) in [5.74, 6) is 0.742. The first-order valence-electron chi connectivity index (χ1n) is 10.0. The van der Waals surface area contributed by atoms with Gasteiger partial charge in [0.15, 0.2) is 5.71 Å². The van der Waals surface area contributed by atoms with E-state index in [4.69, 9.17) is 0 Å². The molecule has 0 aromatic carbocycles. The Hall–Kier alpha value is -0.600. The number of allylic oxidation sites excluding steroid dienone is 3. The predicted molar refractivity (Wildman–Crippen MR) is 101 cm³/mol. The van der Waals surface area contributed by atoms with E-state index in [1.165, 1.54) is 96.8 Å². The van der Waals surface area contributed by atoms with Crippen LogP contribution in [-0.2, 0) is 0 Å². The topological polar surface area (TPSA) is 15.0 Å². The molecule has 0 radical (unpaired) electrons. The second kappa shape index (κ2) is 13.7. The number of rotatable bonds is 3. The maximum absolute atomic E-state index is 3.89. The highest BCUT2D eigenvalue weighted by Gasteiger charge is 2.23. The fourth-order valence-corrected chi connectivity index (χ4v) is 4.03. The van der Waals surface area contributed by atoms with Crippen LogP contribution in [0.1, 0.15) is 70.6 Å². The largest absolute Gasteiger partial charge is 1.00 e. The van der Waals surface area contributed by atoms with Crippen LogP contribution in [0.25, 0.3) is 0 Å². The van der Waals surface area contributed by atoms with Crippen molar-refractivity contribution in [2.75, 3.05) is 26.2 Å². The SMILES string of the molecule is C=CC=CC(C1CCCCNCCC1)=[N+]1CCCCCCCC1.[Cl-]. The van der Waals surface area contributed by atoms with E-state index in [0.29, 0.717) is 0 Å². The van der Waals surface area contributed by atoms with Crippen molar-refractivity contribution in [3.8, 4) is 0 Å². The number of hydrogen-bond acceptors (Lipinski definition) is 1. The molecule has 0 bridgehead atoms. The van der Waals surface area contributed by atoms with E-state index in [1.807, 2.05) is 6.08 Å². The minimum Gasteiger partial charge on any atom is -1.00 e. The second-order valence-corrected chi connectivity index (χ2v) is 7.21. The lowest BCUT2D eigenvalue weighted by atomic mass is 9.91. The van der Waals surface area contributed by atoms with Crippen molar-refractivity contribution in [3.05, 3.63) is 24.8 Å². The molecular weight excluding hydrogens is 316 g/mol. The average Bonchev–Trinajstić information content (AvgIpc) is 2.79. The van der Waals surface area contributed by atoms with Gasteiger partial charge in [0.2, 0.25) is 0 Å². The lowest BCUT2D eigenvalue weighted by molar-refractivity contribution is -0.530. The molecule has 2 aliphatic rings. The van der Waals surface area contributed by atoms with Crippen LogP contribution in [0.5, 0.6) is 0 Å². The number of nitrogens with one attached hydrogen (secondary N) is 1. The Labute approximate surface area is 155 Å². The van der Waals surface area contributed by atoms with Crippen molar-refractivity contribution < 1.29 is 17.0 Å². The molecule has 1 N–H and O–H groups in total. The molecule has 0 spiro atoms. The summed E-state index contributed by atoms with van der Waals surface area (Å²) in [6.07, 6.45) is 21.6. The fourth-order valence-electron chi connectivity index (χ4n) is 4.03. The molecule has 1 atom stereocenters. The molecule has 1 unspecified atom stereocenters. The molecule has 0 aromatic rings. The molecule has 2 fully saturated rings. The molecule has 2 saturated heterocycles. The van der Waals surface area contributed by atoms with Gasteiger partial charge in [0.25, 0.3) is 0 Å². The fraction of sp³-hybridized carbons (Fsp3) is 0.762. The van der Waals surface area contributed by atoms with Crippen LogP contribution in [0.4, 0.5) is 0 Å². The lowest BCUT2D eigenvalue weighted by Gasteiger charge is -2.17. The van der Waals surface area contributed by atoms with Gasteiger partial charge in [0.1, 0.15) is 13.1 Å². The van der Waals surface area contributed by atoms with Crippen LogP contribution in [0.2, 0.25) is 0 Å². The van der Waals surface area contributed by atoms with Crippen molar-refractivity contribution in [2.24, 2.45) is 5.92 Å². The summed E-state index contributed by atoms with van der Waals surface area (Å²) in [6, 6.07) is 0. The Morgan fingerprint density at radius 1 is 0.833 bits per heavy atom. The monoisotopic (exact) mass is 352 g/mol. The van der Waals surface area contributed by atoms with Crippen molar-refractivity contribution >= 4 is 5.71 Å². The van der Waals surface area contributed by atoms with Gasteiger partial charge in [-0.3, -0.25) is 0 Å². The van der Waals surface area contributed by atoms with Gasteiger partial charge in [0, 0.05) is 24.8 Å². The Balaban J connectivity index is 0.00000288. The van der Waals surface area contributed by atoms with E-state index in [1.54, 1.807) is 5.71 Å². The summed E-state index contributed by atoms with van der Waals surface area (Å²) in [5.41, 5.74) is 1.61. The van der Waals surface area contributed by atoms with E-state index >= 15 is 0 Å². The van der Waals surface area contributed by atoms with E-state index in [2.05, 4.69) is 28.6 Å². The third-order valence-corrected chi connectivity index (χ3v) is 5.35. The second-order valence-electron chi connectivity index (χ2n) is 7.21. The highest BCUT2D eigenvalue weighted by Crippen LogP contribution is 2.20. The van der Waals surface area contributed by atoms with Gasteiger partial charge in [-0.2, -0.15) is 0 Å². The van der Waals surface area contributed by atoms with Gasteiger partial charge in [0.05, 0.1) is 0 Å². The average molecular weight is 353 g/mol. The van der Waals surface area contributed by atoms with Gasteiger partial charge >= 0.3 is 0 Å². The van der Waals surface area contributed by atoms with Gasteiger partial charge in [-0.05, 0) is 51.6 Å². The minimum atomic E-state index is 0. The molecule has 3 heteroatoms. The van der Waals surface area contributed by atoms with E-state index in [9.17, 15) is 0 Å². The summed E-state index contributed by atoms with van der Waals surface area (Å²) in [7, 11) is 0. The van der Waals surface area contributed by atoms with Gasteiger partial charge in [-0.1, -0.05) is 38.0 Å². The molecule has 2 heterocycles. The van der Waals surface area contributed by atoms with Crippen molar-refractivity contribution in [2.45, 2.75) is 70.6 Å². The molecule has 0 amide bonds. The smallest absolute Gasteiger partial charge is 0.179 e. The lowest BCUT2D eigenvalue weighted by Crippen LogP contribution is -3.00. The van der Waals surface area contributed by atoms with Gasteiger partial charge in [-0.25, -0.2) is 4.58 Å². The van der Waals surface area contributed by atoms with Crippen LogP contribution in [-0.4, -0.2) is 36.5 Å². The van der Waals surface area contributed by atoms with E-state index < -0.39 is 0 Å². The summed E-state index contributed by atoms with van der Waals surface area (Å²) in [4.78, 5) is 0. The van der Waals surface area contributed by atoms with Crippen LogP contribution in [0.15, 0.2) is 24.8 Å². The molecular formula is C21H37ClN2. The number of hydrogen-bond donors (Lipinski definition) is 1. The molecule has 138 valence electrons. The summed E-state index contributed by atoms with van der Waals surface area (Å²) in [6.45, 7) is 8.79. The maximum Gasteiger partial charge on any atom is 0.179 e. The Morgan fingerprint density at radius 3 is 2.17 bits per heavy atom. The first-order chi connectivity index (χ1) is 11.4. The third kappa shape index (κ3) is 7.98. The molecule has 24 heavy (non-hydrogen) atoms. The highest BCUT2D eigenvalue weighted by molar-refractivity contribution is 5.93. The minimum absolute atomic E-state index is 0. The number of halogens is 1. The Morgan fingerprint density at radius 2 is 1.46 bits per heavy atom. The molecule has 0 saturated carbocycles. The summed E-state index contributed by atoms with van der Waals surface area (Å²) in [5, 5.41) is 3.58. The quantitative estimate of drug-likeness (QED) is 0.603. The summed E-state index contributed by atoms with van der Waals surface area (Å²) < 4.78 is 2.72. The van der Waals surface area contributed by atoms with Crippen molar-refractivity contribution in [1.82, 2.24) is 5.32 Å². The molecule has 0 aromatic heterocycles. The van der Waals surface area contributed by atoms with Crippen LogP contribution < -0.4 is 17.7 Å². The van der Waals surface area contributed by atoms with Crippen LogP contribution in [0.3, 0.4) is 0 Å². The van der Waals surface area contributed by atoms with Gasteiger partial charge in [-0.15, -0.1) is 0 Å². The molecule has 2 nitrogen and oxygen atoms in total. The molecule has 2 aliphatic heterocycles. The molecule has 0 aliphatic carbocycles. The standard InChI is InChI=1S/C21H37N2.ClH/c1-2-3-15-21(20-13-8-9-16-22-17-12-14-20)23-18-10-6-4-5-7-11-19-23;/h2-3,15,20,22H,1,4-14,16-19H2;1H/q+1;/p-1. The Bertz CT molecular complexity index is 379. The van der Waals surface area contributed by atoms with Crippen molar-refractivity contribution in [3.63, 3.8) is 0 Å². The van der Waals surface area contributed by atoms with Crippen molar-refractivity contribution in [1.29, 1.82) is 0 Å². The molecule has 2 rings (SSSR count). The highest BCUT2D eigenvalue weighted by atomic mass is 35.5. The van der Waals surface area contributed by atoms with Gasteiger partial charge < -0.3 is 17.7 Å². The third-order valence-electron chi connectivity index (χ3n) is 5.35.